The van der Waals surface area contributed by atoms with Crippen LogP contribution in [0.4, 0.5) is 0 Å². The molecule has 1 aliphatic heterocycles. The number of nitrogens with zero attached hydrogens (tertiary/aromatic N) is 2. The number of hydrogen-bond donors (Lipinski definition) is 0. The molecule has 0 aromatic rings. The van der Waals surface area contributed by atoms with E-state index in [1.54, 1.807) is 0 Å². The normalized spacial score (nSPS) is 17.0. The molecule has 1 atom stereocenters. The topological polar surface area (TPSA) is 6.48 Å². The zero-order chi connectivity index (χ0) is 19.0. The lowest BCUT2D eigenvalue weighted by atomic mass is 10.1. The number of hydrogen-bond acceptors (Lipinski definition) is 2. The van der Waals surface area contributed by atoms with Crippen LogP contribution in [0.15, 0.2) is 12.4 Å². The average molecular weight is 365 g/mol. The van der Waals surface area contributed by atoms with Gasteiger partial charge in [-0.05, 0) is 18.8 Å². The van der Waals surface area contributed by atoms with E-state index in [0.717, 1.165) is 0 Å². The third-order valence-corrected chi connectivity index (χ3v) is 5.77. The SMILES string of the molecule is CCCCCCCCCCCN1C=CN(CCCCCCC)C1C(C)C. The van der Waals surface area contributed by atoms with Crippen LogP contribution in [0, 0.1) is 5.92 Å². The molecule has 2 heteroatoms. The second kappa shape index (κ2) is 15.4. The van der Waals surface area contributed by atoms with Crippen molar-refractivity contribution < 1.29 is 0 Å². The minimum Gasteiger partial charge on any atom is -0.356 e. The van der Waals surface area contributed by atoms with Crippen molar-refractivity contribution in [2.24, 2.45) is 5.92 Å². The first-order chi connectivity index (χ1) is 12.7. The van der Waals surface area contributed by atoms with Crippen LogP contribution in [0.2, 0.25) is 0 Å². The highest BCUT2D eigenvalue weighted by molar-refractivity contribution is 4.98. The van der Waals surface area contributed by atoms with Crippen molar-refractivity contribution in [3.8, 4) is 0 Å². The first kappa shape index (κ1) is 23.4. The van der Waals surface area contributed by atoms with Gasteiger partial charge in [0.05, 0.1) is 0 Å². The molecular weight excluding hydrogens is 316 g/mol. The van der Waals surface area contributed by atoms with E-state index in [9.17, 15) is 0 Å². The molecule has 0 N–H and O–H groups in total. The van der Waals surface area contributed by atoms with Gasteiger partial charge in [0.25, 0.3) is 0 Å². The summed E-state index contributed by atoms with van der Waals surface area (Å²) in [5.74, 6) is 0.694. The maximum atomic E-state index is 2.61. The molecule has 1 heterocycles. The van der Waals surface area contributed by atoms with E-state index in [4.69, 9.17) is 0 Å². The van der Waals surface area contributed by atoms with E-state index < -0.39 is 0 Å². The molecule has 0 aromatic carbocycles. The summed E-state index contributed by atoms with van der Waals surface area (Å²) in [4.78, 5) is 5.21. The molecule has 0 aromatic heterocycles. The lowest BCUT2D eigenvalue weighted by molar-refractivity contribution is 0.104. The quantitative estimate of drug-likeness (QED) is 0.246. The van der Waals surface area contributed by atoms with E-state index >= 15 is 0 Å². The molecule has 1 unspecified atom stereocenters. The fraction of sp³-hybridized carbons (Fsp3) is 0.917. The largest absolute Gasteiger partial charge is 0.356 e. The maximum Gasteiger partial charge on any atom is 0.103 e. The summed E-state index contributed by atoms with van der Waals surface area (Å²) in [6, 6.07) is 0. The molecule has 1 aliphatic rings. The van der Waals surface area contributed by atoms with Crippen LogP contribution >= 0.6 is 0 Å². The van der Waals surface area contributed by atoms with Crippen molar-refractivity contribution in [1.29, 1.82) is 0 Å². The second-order valence-corrected chi connectivity index (χ2v) is 8.67. The van der Waals surface area contributed by atoms with Gasteiger partial charge in [0.2, 0.25) is 0 Å². The number of rotatable bonds is 17. The van der Waals surface area contributed by atoms with Crippen LogP contribution in [0.25, 0.3) is 0 Å². The fourth-order valence-corrected chi connectivity index (χ4v) is 4.22. The first-order valence-corrected chi connectivity index (χ1v) is 11.9. The Labute approximate surface area is 165 Å². The van der Waals surface area contributed by atoms with E-state index in [0.29, 0.717) is 12.1 Å². The molecule has 0 fully saturated rings. The van der Waals surface area contributed by atoms with Crippen molar-refractivity contribution in [2.45, 2.75) is 124 Å². The third kappa shape index (κ3) is 9.88. The Kier molecular flexibility index (Phi) is 13.9. The average Bonchev–Trinajstić information content (AvgIpc) is 3.03. The summed E-state index contributed by atoms with van der Waals surface area (Å²) in [5.41, 5.74) is 0. The van der Waals surface area contributed by atoms with E-state index in [1.165, 1.54) is 103 Å². The van der Waals surface area contributed by atoms with Crippen molar-refractivity contribution >= 4 is 0 Å². The summed E-state index contributed by atoms with van der Waals surface area (Å²) >= 11 is 0. The molecule has 0 bridgehead atoms. The van der Waals surface area contributed by atoms with Gasteiger partial charge in [-0.3, -0.25) is 0 Å². The van der Waals surface area contributed by atoms with Crippen LogP contribution in [0.3, 0.4) is 0 Å². The molecule has 1 rings (SSSR count). The Bertz CT molecular complexity index is 337. The van der Waals surface area contributed by atoms with E-state index in [-0.39, 0.29) is 0 Å². The minimum atomic E-state index is 0.593. The Hall–Kier alpha value is -0.660. The zero-order valence-electron chi connectivity index (χ0n) is 18.5. The summed E-state index contributed by atoms with van der Waals surface area (Å²) in [7, 11) is 0. The monoisotopic (exact) mass is 364 g/mol. The highest BCUT2D eigenvalue weighted by atomic mass is 15.4. The predicted molar refractivity (Wildman–Crippen MR) is 117 cm³/mol. The van der Waals surface area contributed by atoms with Crippen LogP contribution in [0.5, 0.6) is 0 Å². The standard InChI is InChI=1S/C24H48N2/c1-5-7-9-11-12-13-14-16-18-20-26-22-21-25(24(26)23(3)4)19-17-15-10-8-6-2/h21-24H,5-20H2,1-4H3. The van der Waals surface area contributed by atoms with Gasteiger partial charge < -0.3 is 9.80 Å². The second-order valence-electron chi connectivity index (χ2n) is 8.67. The molecule has 0 radical (unpaired) electrons. The Morgan fingerprint density at radius 1 is 0.577 bits per heavy atom. The van der Waals surface area contributed by atoms with Gasteiger partial charge in [-0.2, -0.15) is 0 Å². The van der Waals surface area contributed by atoms with Gasteiger partial charge >= 0.3 is 0 Å². The van der Waals surface area contributed by atoms with Gasteiger partial charge in [0, 0.05) is 25.5 Å². The van der Waals surface area contributed by atoms with Crippen LogP contribution < -0.4 is 0 Å². The van der Waals surface area contributed by atoms with Crippen molar-refractivity contribution in [1.82, 2.24) is 9.80 Å². The molecular formula is C24H48N2. The van der Waals surface area contributed by atoms with Crippen molar-refractivity contribution in [3.05, 3.63) is 12.4 Å². The molecule has 0 aliphatic carbocycles. The van der Waals surface area contributed by atoms with Gasteiger partial charge in [0.15, 0.2) is 0 Å². The summed E-state index contributed by atoms with van der Waals surface area (Å²) in [6.07, 6.45) is 24.9. The molecule has 0 saturated heterocycles. The predicted octanol–water partition coefficient (Wildman–Crippen LogP) is 7.56. The zero-order valence-corrected chi connectivity index (χ0v) is 18.5. The van der Waals surface area contributed by atoms with Gasteiger partial charge in [-0.15, -0.1) is 0 Å². The third-order valence-electron chi connectivity index (χ3n) is 5.77. The van der Waals surface area contributed by atoms with E-state index in [2.05, 4.69) is 49.9 Å². The lowest BCUT2D eigenvalue weighted by Gasteiger charge is -2.36. The van der Waals surface area contributed by atoms with Crippen LogP contribution in [0.1, 0.15) is 118 Å². The Morgan fingerprint density at radius 2 is 0.923 bits per heavy atom. The van der Waals surface area contributed by atoms with Crippen molar-refractivity contribution in [2.75, 3.05) is 13.1 Å². The molecule has 26 heavy (non-hydrogen) atoms. The summed E-state index contributed by atoms with van der Waals surface area (Å²) < 4.78 is 0. The smallest absolute Gasteiger partial charge is 0.103 e. The maximum absolute atomic E-state index is 2.61. The lowest BCUT2D eigenvalue weighted by Crippen LogP contribution is -2.43. The number of unbranched alkanes of at least 4 members (excludes halogenated alkanes) is 12. The van der Waals surface area contributed by atoms with Gasteiger partial charge in [0.1, 0.15) is 6.17 Å². The van der Waals surface area contributed by atoms with E-state index in [1.807, 2.05) is 0 Å². The molecule has 2 nitrogen and oxygen atoms in total. The minimum absolute atomic E-state index is 0.593. The Balaban J connectivity index is 2.14. The van der Waals surface area contributed by atoms with Crippen molar-refractivity contribution in [3.63, 3.8) is 0 Å². The highest BCUT2D eigenvalue weighted by Crippen LogP contribution is 2.24. The molecule has 154 valence electrons. The van der Waals surface area contributed by atoms with Crippen LogP contribution in [-0.2, 0) is 0 Å². The fourth-order valence-electron chi connectivity index (χ4n) is 4.22. The van der Waals surface area contributed by atoms with Crippen LogP contribution in [-0.4, -0.2) is 29.1 Å². The summed E-state index contributed by atoms with van der Waals surface area (Å²) in [6.45, 7) is 11.8. The summed E-state index contributed by atoms with van der Waals surface area (Å²) in [5, 5.41) is 0. The molecule has 0 saturated carbocycles. The Morgan fingerprint density at radius 3 is 1.27 bits per heavy atom. The molecule has 0 spiro atoms. The first-order valence-electron chi connectivity index (χ1n) is 11.9. The highest BCUT2D eigenvalue weighted by Gasteiger charge is 2.28. The van der Waals surface area contributed by atoms with Gasteiger partial charge in [-0.25, -0.2) is 0 Å². The van der Waals surface area contributed by atoms with Gasteiger partial charge in [-0.1, -0.05) is 105 Å². The molecule has 0 amide bonds.